The number of carbonyl (C=O) groups is 1. The molecule has 7 heteroatoms. The Labute approximate surface area is 161 Å². The fourth-order valence-electron chi connectivity index (χ4n) is 3.77. The smallest absolute Gasteiger partial charge is 0.258 e. The van der Waals surface area contributed by atoms with Crippen LogP contribution in [0.5, 0.6) is 11.5 Å². The minimum absolute atomic E-state index is 0.0754. The largest absolute Gasteiger partial charge is 0.454 e. The lowest BCUT2D eigenvalue weighted by atomic mass is 10.1. The average Bonchev–Trinajstić information content (AvgIpc) is 3.40. The summed E-state index contributed by atoms with van der Waals surface area (Å²) in [5, 5.41) is 4.13. The second kappa shape index (κ2) is 6.37. The molecule has 28 heavy (non-hydrogen) atoms. The van der Waals surface area contributed by atoms with E-state index in [1.807, 2.05) is 49.1 Å². The first-order valence-corrected chi connectivity index (χ1v) is 9.20. The van der Waals surface area contributed by atoms with E-state index in [1.165, 1.54) is 5.56 Å². The number of aryl methyl sites for hydroxylation is 2. The van der Waals surface area contributed by atoms with Crippen LogP contribution in [0.15, 0.2) is 40.9 Å². The van der Waals surface area contributed by atoms with Crippen LogP contribution in [0.4, 0.5) is 5.69 Å². The number of hydrogen-bond acceptors (Lipinski definition) is 6. The molecule has 5 rings (SSSR count). The monoisotopic (exact) mass is 377 g/mol. The van der Waals surface area contributed by atoms with Crippen LogP contribution in [0, 0.1) is 13.8 Å². The van der Waals surface area contributed by atoms with Gasteiger partial charge in [-0.2, -0.15) is 4.98 Å². The summed E-state index contributed by atoms with van der Waals surface area (Å²) in [6.45, 7) is 4.83. The van der Waals surface area contributed by atoms with Gasteiger partial charge in [-0.15, -0.1) is 0 Å². The number of carbonyl (C=O) groups excluding carboxylic acids is 1. The van der Waals surface area contributed by atoms with E-state index in [1.54, 1.807) is 0 Å². The van der Waals surface area contributed by atoms with Gasteiger partial charge in [-0.1, -0.05) is 22.9 Å². The molecule has 0 aliphatic carbocycles. The molecule has 0 spiro atoms. The van der Waals surface area contributed by atoms with E-state index in [0.717, 1.165) is 16.8 Å². The fraction of sp³-hybridized carbons (Fsp3) is 0.286. The number of anilines is 1. The summed E-state index contributed by atoms with van der Waals surface area (Å²) < 4.78 is 16.2. The summed E-state index contributed by atoms with van der Waals surface area (Å²) in [5.74, 6) is 2.30. The standard InChI is InChI=1S/C21H19N3O4/c1-12-3-5-16(13(2)7-12)24-10-15(9-19(24)25)20-22-21(28-23-20)14-4-6-17-18(8-14)27-11-26-17/h3-8,15H,9-11H2,1-2H3. The molecule has 142 valence electrons. The minimum atomic E-state index is -0.0975. The molecular weight excluding hydrogens is 358 g/mol. The van der Waals surface area contributed by atoms with Gasteiger partial charge in [-0.05, 0) is 43.7 Å². The van der Waals surface area contributed by atoms with Crippen LogP contribution in [-0.2, 0) is 4.79 Å². The summed E-state index contributed by atoms with van der Waals surface area (Å²) in [7, 11) is 0. The highest BCUT2D eigenvalue weighted by molar-refractivity contribution is 5.97. The Balaban J connectivity index is 1.38. The summed E-state index contributed by atoms with van der Waals surface area (Å²) in [6, 6.07) is 11.6. The van der Waals surface area contributed by atoms with Crippen LogP contribution < -0.4 is 14.4 Å². The molecule has 2 aliphatic rings. The highest BCUT2D eigenvalue weighted by Gasteiger charge is 2.35. The van der Waals surface area contributed by atoms with Gasteiger partial charge in [-0.3, -0.25) is 4.79 Å². The van der Waals surface area contributed by atoms with Crippen molar-refractivity contribution in [2.45, 2.75) is 26.2 Å². The van der Waals surface area contributed by atoms with Gasteiger partial charge in [0.25, 0.3) is 5.89 Å². The molecule has 2 aromatic carbocycles. The lowest BCUT2D eigenvalue weighted by Gasteiger charge is -2.19. The third-order valence-corrected chi connectivity index (χ3v) is 5.19. The number of aromatic nitrogens is 2. The third kappa shape index (κ3) is 2.79. The van der Waals surface area contributed by atoms with Crippen molar-refractivity contribution >= 4 is 11.6 Å². The molecule has 0 saturated carbocycles. The molecule has 1 unspecified atom stereocenters. The van der Waals surface area contributed by atoms with E-state index < -0.39 is 0 Å². The lowest BCUT2D eigenvalue weighted by Crippen LogP contribution is -2.25. The predicted molar refractivity (Wildman–Crippen MR) is 101 cm³/mol. The molecule has 3 heterocycles. The summed E-state index contributed by atoms with van der Waals surface area (Å²) in [5.41, 5.74) is 3.97. The Hall–Kier alpha value is -3.35. The highest BCUT2D eigenvalue weighted by Crippen LogP contribution is 2.37. The minimum Gasteiger partial charge on any atom is -0.454 e. The van der Waals surface area contributed by atoms with Crippen molar-refractivity contribution in [1.82, 2.24) is 10.1 Å². The first kappa shape index (κ1) is 16.8. The number of benzene rings is 2. The second-order valence-electron chi connectivity index (χ2n) is 7.22. The van der Waals surface area contributed by atoms with Crippen LogP contribution in [0.1, 0.15) is 29.3 Å². The van der Waals surface area contributed by atoms with Crippen LogP contribution >= 0.6 is 0 Å². The Morgan fingerprint density at radius 2 is 1.93 bits per heavy atom. The van der Waals surface area contributed by atoms with Gasteiger partial charge in [0.15, 0.2) is 17.3 Å². The number of rotatable bonds is 3. The van der Waals surface area contributed by atoms with Crippen LogP contribution in [-0.4, -0.2) is 29.4 Å². The Kier molecular flexibility index (Phi) is 3.82. The van der Waals surface area contributed by atoms with Gasteiger partial charge in [0.1, 0.15) is 0 Å². The summed E-state index contributed by atoms with van der Waals surface area (Å²) in [4.78, 5) is 19.0. The van der Waals surface area contributed by atoms with Gasteiger partial charge >= 0.3 is 0 Å². The van der Waals surface area contributed by atoms with E-state index in [9.17, 15) is 4.79 Å². The number of amides is 1. The molecule has 0 N–H and O–H groups in total. The number of ether oxygens (including phenoxy) is 2. The quantitative estimate of drug-likeness (QED) is 0.694. The molecule has 0 radical (unpaired) electrons. The van der Waals surface area contributed by atoms with Crippen LogP contribution in [0.25, 0.3) is 11.5 Å². The van der Waals surface area contributed by atoms with Crippen molar-refractivity contribution in [2.75, 3.05) is 18.2 Å². The number of nitrogens with zero attached hydrogens (tertiary/aromatic N) is 3. The maximum Gasteiger partial charge on any atom is 0.258 e. The first-order valence-electron chi connectivity index (χ1n) is 9.20. The molecule has 3 aromatic rings. The van der Waals surface area contributed by atoms with Crippen molar-refractivity contribution in [3.63, 3.8) is 0 Å². The average molecular weight is 377 g/mol. The van der Waals surface area contributed by atoms with Gasteiger partial charge in [0, 0.05) is 30.1 Å². The van der Waals surface area contributed by atoms with Gasteiger partial charge in [0.2, 0.25) is 12.7 Å². The predicted octanol–water partition coefficient (Wildman–Crippen LogP) is 3.60. The topological polar surface area (TPSA) is 77.7 Å². The molecule has 1 aromatic heterocycles. The van der Waals surface area contributed by atoms with E-state index in [4.69, 9.17) is 14.0 Å². The highest BCUT2D eigenvalue weighted by atomic mass is 16.7. The number of fused-ring (bicyclic) bond motifs is 1. The van der Waals surface area contributed by atoms with E-state index in [2.05, 4.69) is 16.2 Å². The normalized spacial score (nSPS) is 18.1. The molecule has 1 saturated heterocycles. The third-order valence-electron chi connectivity index (χ3n) is 5.19. The molecule has 1 fully saturated rings. The van der Waals surface area contributed by atoms with Crippen molar-refractivity contribution in [3.8, 4) is 23.0 Å². The number of hydrogen-bond donors (Lipinski definition) is 0. The van der Waals surface area contributed by atoms with Gasteiger partial charge in [0.05, 0.1) is 0 Å². The maximum absolute atomic E-state index is 12.6. The SMILES string of the molecule is Cc1ccc(N2CC(c3noc(-c4ccc5c(c4)OCO5)n3)CC2=O)c(C)c1. The fourth-order valence-corrected chi connectivity index (χ4v) is 3.77. The van der Waals surface area contributed by atoms with E-state index in [0.29, 0.717) is 36.2 Å². The molecule has 0 bridgehead atoms. The first-order chi connectivity index (χ1) is 13.6. The molecule has 1 atom stereocenters. The summed E-state index contributed by atoms with van der Waals surface area (Å²) in [6.07, 6.45) is 0.368. The van der Waals surface area contributed by atoms with E-state index in [-0.39, 0.29) is 18.6 Å². The van der Waals surface area contributed by atoms with Crippen molar-refractivity contribution < 1.29 is 18.8 Å². The molecule has 2 aliphatic heterocycles. The Morgan fingerprint density at radius 1 is 1.07 bits per heavy atom. The second-order valence-corrected chi connectivity index (χ2v) is 7.22. The lowest BCUT2D eigenvalue weighted by molar-refractivity contribution is -0.117. The van der Waals surface area contributed by atoms with Crippen molar-refractivity contribution in [2.24, 2.45) is 0 Å². The molecular formula is C21H19N3O4. The van der Waals surface area contributed by atoms with Crippen LogP contribution in [0.2, 0.25) is 0 Å². The molecule has 7 nitrogen and oxygen atoms in total. The van der Waals surface area contributed by atoms with Gasteiger partial charge in [-0.25, -0.2) is 0 Å². The Morgan fingerprint density at radius 3 is 2.79 bits per heavy atom. The zero-order chi connectivity index (χ0) is 19.3. The van der Waals surface area contributed by atoms with E-state index >= 15 is 0 Å². The zero-order valence-electron chi connectivity index (χ0n) is 15.6. The van der Waals surface area contributed by atoms with Crippen LogP contribution in [0.3, 0.4) is 0 Å². The van der Waals surface area contributed by atoms with Gasteiger partial charge < -0.3 is 18.9 Å². The van der Waals surface area contributed by atoms with Crippen molar-refractivity contribution in [3.05, 3.63) is 53.3 Å². The summed E-state index contributed by atoms with van der Waals surface area (Å²) >= 11 is 0. The Bertz CT molecular complexity index is 1080. The molecule has 1 amide bonds. The van der Waals surface area contributed by atoms with Crippen molar-refractivity contribution in [1.29, 1.82) is 0 Å². The zero-order valence-corrected chi connectivity index (χ0v) is 15.6. The maximum atomic E-state index is 12.6.